The highest BCUT2D eigenvalue weighted by Gasteiger charge is 2.08. The van der Waals surface area contributed by atoms with Gasteiger partial charge in [-0.15, -0.1) is 11.8 Å². The Morgan fingerprint density at radius 3 is 2.75 bits per heavy atom. The first-order valence-corrected chi connectivity index (χ1v) is 8.16. The first-order valence-electron chi connectivity index (χ1n) is 6.10. The van der Waals surface area contributed by atoms with Crippen molar-refractivity contribution < 1.29 is 4.79 Å². The normalized spacial score (nSPS) is 10.3. The van der Waals surface area contributed by atoms with Gasteiger partial charge < -0.3 is 11.1 Å². The molecule has 0 unspecified atom stereocenters. The Labute approximate surface area is 136 Å². The Bertz CT molecular complexity index is 631. The molecular formula is C15H15IN2OS. The van der Waals surface area contributed by atoms with E-state index >= 15 is 0 Å². The number of hydrogen-bond acceptors (Lipinski definition) is 3. The fourth-order valence-corrected chi connectivity index (χ4v) is 3.07. The highest BCUT2D eigenvalue weighted by atomic mass is 127. The van der Waals surface area contributed by atoms with E-state index in [2.05, 4.69) is 27.9 Å². The van der Waals surface area contributed by atoms with Crippen molar-refractivity contribution in [2.24, 2.45) is 0 Å². The second kappa shape index (κ2) is 6.99. The molecule has 0 saturated heterocycles. The average molecular weight is 398 g/mol. The summed E-state index contributed by atoms with van der Waals surface area (Å²) in [5.74, 6) is 0.357. The Morgan fingerprint density at radius 1 is 1.25 bits per heavy atom. The molecule has 0 aliphatic carbocycles. The topological polar surface area (TPSA) is 55.1 Å². The number of nitrogen functional groups attached to an aromatic ring is 1. The Morgan fingerprint density at radius 2 is 2.00 bits per heavy atom. The van der Waals surface area contributed by atoms with Crippen LogP contribution in [0.25, 0.3) is 0 Å². The third kappa shape index (κ3) is 3.89. The third-order valence-corrected chi connectivity index (χ3v) is 4.93. The molecule has 0 saturated carbocycles. The fourth-order valence-electron chi connectivity index (χ4n) is 1.68. The van der Waals surface area contributed by atoms with Crippen molar-refractivity contribution in [1.82, 2.24) is 0 Å². The molecule has 0 aliphatic rings. The summed E-state index contributed by atoms with van der Waals surface area (Å²) in [6.45, 7) is 1.97. The molecule has 0 radical (unpaired) electrons. The van der Waals surface area contributed by atoms with Crippen molar-refractivity contribution in [3.8, 4) is 0 Å². The number of anilines is 2. The molecule has 1 amide bonds. The van der Waals surface area contributed by atoms with Gasteiger partial charge in [0.1, 0.15) is 0 Å². The van der Waals surface area contributed by atoms with Gasteiger partial charge in [-0.3, -0.25) is 4.79 Å². The number of rotatable bonds is 4. The molecule has 0 aromatic heterocycles. The zero-order chi connectivity index (χ0) is 14.5. The fraction of sp³-hybridized carbons (Fsp3) is 0.133. The molecule has 0 atom stereocenters. The number of carbonyl (C=O) groups is 1. The van der Waals surface area contributed by atoms with Gasteiger partial charge in [-0.1, -0.05) is 18.2 Å². The zero-order valence-electron chi connectivity index (χ0n) is 11.0. The van der Waals surface area contributed by atoms with Gasteiger partial charge in [0, 0.05) is 14.2 Å². The summed E-state index contributed by atoms with van der Waals surface area (Å²) in [5, 5.41) is 2.92. The van der Waals surface area contributed by atoms with Crippen LogP contribution in [0.4, 0.5) is 11.4 Å². The molecule has 2 rings (SSSR count). The number of para-hydroxylation sites is 1. The molecule has 3 nitrogen and oxygen atoms in total. The maximum atomic E-state index is 12.0. The van der Waals surface area contributed by atoms with E-state index in [1.54, 1.807) is 0 Å². The zero-order valence-corrected chi connectivity index (χ0v) is 14.0. The maximum Gasteiger partial charge on any atom is 0.234 e. The maximum absolute atomic E-state index is 12.0. The molecule has 104 valence electrons. The van der Waals surface area contributed by atoms with E-state index < -0.39 is 0 Å². The summed E-state index contributed by atoms with van der Waals surface area (Å²) in [6, 6.07) is 13.5. The van der Waals surface area contributed by atoms with Crippen LogP contribution >= 0.6 is 34.4 Å². The Balaban J connectivity index is 1.96. The molecule has 20 heavy (non-hydrogen) atoms. The minimum Gasteiger partial charge on any atom is -0.398 e. The average Bonchev–Trinajstić information content (AvgIpc) is 2.43. The van der Waals surface area contributed by atoms with E-state index in [1.165, 1.54) is 11.8 Å². The van der Waals surface area contributed by atoms with Gasteiger partial charge in [0.25, 0.3) is 0 Å². The molecule has 0 fully saturated rings. The van der Waals surface area contributed by atoms with Crippen LogP contribution in [0.2, 0.25) is 0 Å². The number of nitrogens with two attached hydrogens (primary N) is 1. The Hall–Kier alpha value is -1.21. The number of hydrogen-bond donors (Lipinski definition) is 2. The summed E-state index contributed by atoms with van der Waals surface area (Å²) < 4.78 is 1.03. The Kier molecular flexibility index (Phi) is 5.31. The number of carbonyl (C=O) groups excluding carboxylic acids is 1. The minimum absolute atomic E-state index is 0.0130. The number of nitrogens with one attached hydrogen (secondary N) is 1. The number of amides is 1. The van der Waals surface area contributed by atoms with Crippen LogP contribution in [0.15, 0.2) is 47.4 Å². The van der Waals surface area contributed by atoms with Crippen molar-refractivity contribution in [3.05, 3.63) is 51.6 Å². The number of benzene rings is 2. The van der Waals surface area contributed by atoms with E-state index in [9.17, 15) is 4.79 Å². The molecule has 2 aromatic rings. The van der Waals surface area contributed by atoms with Crippen LogP contribution in [-0.4, -0.2) is 11.7 Å². The largest absolute Gasteiger partial charge is 0.398 e. The van der Waals surface area contributed by atoms with Gasteiger partial charge in [0.05, 0.1) is 11.4 Å². The first kappa shape index (κ1) is 15.2. The standard InChI is InChI=1S/C15H15IN2OS/c1-10-12(17)6-4-8-14(10)20-9-15(19)18-13-7-3-2-5-11(13)16/h2-8H,9,17H2,1H3,(H,18,19). The molecule has 0 bridgehead atoms. The van der Waals surface area contributed by atoms with Crippen LogP contribution in [0, 0.1) is 10.5 Å². The summed E-state index contributed by atoms with van der Waals surface area (Å²) >= 11 is 3.71. The van der Waals surface area contributed by atoms with Crippen molar-refractivity contribution >= 4 is 51.6 Å². The first-order chi connectivity index (χ1) is 9.58. The summed E-state index contributed by atoms with van der Waals surface area (Å²) in [7, 11) is 0. The highest BCUT2D eigenvalue weighted by Crippen LogP contribution is 2.26. The lowest BCUT2D eigenvalue weighted by atomic mass is 10.2. The van der Waals surface area contributed by atoms with Gasteiger partial charge >= 0.3 is 0 Å². The molecule has 3 N–H and O–H groups in total. The van der Waals surface area contributed by atoms with Crippen LogP contribution in [0.3, 0.4) is 0 Å². The van der Waals surface area contributed by atoms with Crippen LogP contribution in [-0.2, 0) is 4.79 Å². The van der Waals surface area contributed by atoms with Crippen LogP contribution in [0.1, 0.15) is 5.56 Å². The van der Waals surface area contributed by atoms with Gasteiger partial charge in [-0.2, -0.15) is 0 Å². The van der Waals surface area contributed by atoms with Crippen LogP contribution in [0.5, 0.6) is 0 Å². The lowest BCUT2D eigenvalue weighted by Gasteiger charge is -2.09. The summed E-state index contributed by atoms with van der Waals surface area (Å²) in [5.41, 5.74) is 8.49. The summed E-state index contributed by atoms with van der Waals surface area (Å²) in [6.07, 6.45) is 0. The monoisotopic (exact) mass is 398 g/mol. The summed E-state index contributed by atoms with van der Waals surface area (Å²) in [4.78, 5) is 13.0. The third-order valence-electron chi connectivity index (χ3n) is 2.83. The highest BCUT2D eigenvalue weighted by molar-refractivity contribution is 14.1. The predicted molar refractivity (Wildman–Crippen MR) is 94.1 cm³/mol. The molecule has 2 aromatic carbocycles. The molecule has 0 heterocycles. The smallest absolute Gasteiger partial charge is 0.234 e. The van der Waals surface area contributed by atoms with Gasteiger partial charge in [-0.05, 0) is 59.3 Å². The second-order valence-corrected chi connectivity index (χ2v) is 6.47. The SMILES string of the molecule is Cc1c(N)cccc1SCC(=O)Nc1ccccc1I. The molecule has 0 aliphatic heterocycles. The van der Waals surface area contributed by atoms with E-state index in [-0.39, 0.29) is 5.91 Å². The van der Waals surface area contributed by atoms with Gasteiger partial charge in [-0.25, -0.2) is 0 Å². The lowest BCUT2D eigenvalue weighted by molar-refractivity contribution is -0.113. The van der Waals surface area contributed by atoms with E-state index in [1.807, 2.05) is 49.4 Å². The molecular weight excluding hydrogens is 383 g/mol. The van der Waals surface area contributed by atoms with Crippen molar-refractivity contribution in [2.45, 2.75) is 11.8 Å². The minimum atomic E-state index is -0.0130. The molecule has 0 spiro atoms. The van der Waals surface area contributed by atoms with E-state index in [4.69, 9.17) is 5.73 Å². The lowest BCUT2D eigenvalue weighted by Crippen LogP contribution is -2.14. The van der Waals surface area contributed by atoms with E-state index in [0.29, 0.717) is 5.75 Å². The van der Waals surface area contributed by atoms with Crippen LogP contribution < -0.4 is 11.1 Å². The second-order valence-electron chi connectivity index (χ2n) is 4.29. The van der Waals surface area contributed by atoms with E-state index in [0.717, 1.165) is 25.4 Å². The quantitative estimate of drug-likeness (QED) is 0.467. The van der Waals surface area contributed by atoms with Crippen molar-refractivity contribution in [3.63, 3.8) is 0 Å². The predicted octanol–water partition coefficient (Wildman–Crippen LogP) is 3.91. The number of thioether (sulfide) groups is 1. The number of halogens is 1. The van der Waals surface area contributed by atoms with Gasteiger partial charge in [0.15, 0.2) is 0 Å². The van der Waals surface area contributed by atoms with Crippen molar-refractivity contribution in [2.75, 3.05) is 16.8 Å². The van der Waals surface area contributed by atoms with Crippen molar-refractivity contribution in [1.29, 1.82) is 0 Å². The van der Waals surface area contributed by atoms with Gasteiger partial charge in [0.2, 0.25) is 5.91 Å². The molecule has 5 heteroatoms.